The molecule has 0 aliphatic carbocycles. The van der Waals surface area contributed by atoms with Crippen molar-refractivity contribution in [2.45, 2.75) is 64.6 Å². The minimum atomic E-state index is -0.976. The summed E-state index contributed by atoms with van der Waals surface area (Å²) in [5.41, 5.74) is 7.93. The third-order valence-corrected chi connectivity index (χ3v) is 3.89. The van der Waals surface area contributed by atoms with Crippen LogP contribution in [0, 0.1) is 5.92 Å². The zero-order chi connectivity index (χ0) is 16.9. The topological polar surface area (TPSA) is 111 Å². The van der Waals surface area contributed by atoms with Gasteiger partial charge in [0, 0.05) is 45.3 Å². The smallest absolute Gasteiger partial charge is 0.305 e. The molecular weight excluding hydrogens is 375 g/mol. The van der Waals surface area contributed by atoms with Crippen molar-refractivity contribution in [1.82, 2.24) is 10.2 Å². The Hall–Kier alpha value is -0.526. The summed E-state index contributed by atoms with van der Waals surface area (Å²) in [6.45, 7) is 5.72. The molecule has 0 bridgehead atoms. The molecule has 1 unspecified atom stereocenters. The van der Waals surface area contributed by atoms with E-state index in [2.05, 4.69) is 5.32 Å². The molecule has 3 atom stereocenters. The number of nitrogens with zero attached hydrogens (tertiary/aromatic N) is 1. The van der Waals surface area contributed by atoms with Crippen LogP contribution in [-0.4, -0.2) is 52.5 Å². The molecule has 1 aliphatic rings. The van der Waals surface area contributed by atoms with Crippen LogP contribution in [0.25, 0.3) is 5.73 Å². The van der Waals surface area contributed by atoms with Crippen molar-refractivity contribution in [2.24, 2.45) is 5.92 Å². The number of piperidine rings is 1. The van der Waals surface area contributed by atoms with Gasteiger partial charge in [0.1, 0.15) is 6.04 Å². The van der Waals surface area contributed by atoms with Crippen molar-refractivity contribution in [3.63, 3.8) is 0 Å². The summed E-state index contributed by atoms with van der Waals surface area (Å²) in [7, 11) is 0. The number of carbonyl (C=O) groups is 3. The van der Waals surface area contributed by atoms with Crippen molar-refractivity contribution in [3.8, 4) is 0 Å². The standard InChI is InChI=1S/C15H26N3O4.Y/c1-9(2)13(16)15(22)18-7-5-4-6-11(18)14(21)17-10(3)8-12(19)20;/h9-11,13,16H,4-8H2,1-3H3,(H,17,21)(H,19,20);/q-1;/t10-,11?,13+;/m1./s1. The molecule has 1 fully saturated rings. The van der Waals surface area contributed by atoms with Crippen LogP contribution in [0.3, 0.4) is 0 Å². The van der Waals surface area contributed by atoms with Crippen LogP contribution in [0.2, 0.25) is 0 Å². The van der Waals surface area contributed by atoms with Crippen molar-refractivity contribution in [2.75, 3.05) is 6.54 Å². The molecule has 0 aromatic rings. The van der Waals surface area contributed by atoms with Crippen LogP contribution < -0.4 is 5.32 Å². The summed E-state index contributed by atoms with van der Waals surface area (Å²) in [6.07, 6.45) is 2.08. The fraction of sp³-hybridized carbons (Fsp3) is 0.800. The molecule has 3 N–H and O–H groups in total. The monoisotopic (exact) mass is 401 g/mol. The molecule has 1 aliphatic heterocycles. The molecular formula is C15H26N3O4Y-. The van der Waals surface area contributed by atoms with E-state index in [0.29, 0.717) is 13.0 Å². The summed E-state index contributed by atoms with van der Waals surface area (Å²) in [5, 5.41) is 11.4. The van der Waals surface area contributed by atoms with E-state index in [0.717, 1.165) is 12.8 Å². The number of hydrogen-bond acceptors (Lipinski definition) is 3. The minimum Gasteiger partial charge on any atom is -0.667 e. The number of likely N-dealkylation sites (tertiary alicyclic amines) is 1. The largest absolute Gasteiger partial charge is 0.667 e. The first-order chi connectivity index (χ1) is 10.2. The zero-order valence-electron chi connectivity index (χ0n) is 14.0. The Balaban J connectivity index is 0.00000484. The second kappa shape index (κ2) is 10.4. The van der Waals surface area contributed by atoms with Gasteiger partial charge in [0.05, 0.1) is 6.42 Å². The SMILES string of the molecule is CC(C)[C@H]([NH-])C(=O)N1CCCCC1C(=O)N[C@H](C)CC(=O)O.[Y]. The first-order valence-electron chi connectivity index (χ1n) is 7.77. The first kappa shape index (κ1) is 22.5. The molecule has 0 spiro atoms. The summed E-state index contributed by atoms with van der Waals surface area (Å²) in [4.78, 5) is 36.9. The molecule has 129 valence electrons. The van der Waals surface area contributed by atoms with Gasteiger partial charge in [-0.1, -0.05) is 25.8 Å². The summed E-state index contributed by atoms with van der Waals surface area (Å²) < 4.78 is 0. The normalized spacial score (nSPS) is 20.4. The molecule has 1 radical (unpaired) electrons. The average Bonchev–Trinajstić information content (AvgIpc) is 2.44. The number of carboxylic acids is 1. The second-order valence-electron chi connectivity index (χ2n) is 6.27. The molecule has 23 heavy (non-hydrogen) atoms. The van der Waals surface area contributed by atoms with Gasteiger partial charge in [-0.05, 0) is 26.2 Å². The number of hydrogen-bond donors (Lipinski definition) is 2. The van der Waals surface area contributed by atoms with Crippen LogP contribution in [0.5, 0.6) is 0 Å². The van der Waals surface area contributed by atoms with Crippen LogP contribution in [0.15, 0.2) is 0 Å². The molecule has 8 heteroatoms. The minimum absolute atomic E-state index is 0. The van der Waals surface area contributed by atoms with Gasteiger partial charge in [-0.2, -0.15) is 0 Å². The molecule has 0 aromatic heterocycles. The van der Waals surface area contributed by atoms with E-state index < -0.39 is 24.1 Å². The molecule has 7 nitrogen and oxygen atoms in total. The molecule has 0 aromatic carbocycles. The summed E-state index contributed by atoms with van der Waals surface area (Å²) >= 11 is 0. The Morgan fingerprint density at radius 1 is 1.26 bits per heavy atom. The van der Waals surface area contributed by atoms with Gasteiger partial charge in [0.15, 0.2) is 0 Å². The van der Waals surface area contributed by atoms with E-state index >= 15 is 0 Å². The average molecular weight is 401 g/mol. The first-order valence-corrected chi connectivity index (χ1v) is 7.77. The molecule has 1 saturated heterocycles. The van der Waals surface area contributed by atoms with Gasteiger partial charge >= 0.3 is 5.97 Å². The number of rotatable bonds is 6. The van der Waals surface area contributed by atoms with Gasteiger partial charge in [0.2, 0.25) is 11.8 Å². The Bertz CT molecular complexity index is 431. The second-order valence-corrected chi connectivity index (χ2v) is 6.27. The maximum atomic E-state index is 12.4. The number of amides is 2. The predicted octanol–water partition coefficient (Wildman–Crippen LogP) is 1.42. The van der Waals surface area contributed by atoms with Crippen molar-refractivity contribution in [1.29, 1.82) is 0 Å². The van der Waals surface area contributed by atoms with Crippen molar-refractivity contribution < 1.29 is 52.2 Å². The van der Waals surface area contributed by atoms with E-state index in [4.69, 9.17) is 10.8 Å². The van der Waals surface area contributed by atoms with Gasteiger partial charge in [-0.25, -0.2) is 0 Å². The maximum absolute atomic E-state index is 12.4. The van der Waals surface area contributed by atoms with E-state index in [1.807, 2.05) is 13.8 Å². The number of carbonyl (C=O) groups excluding carboxylic acids is 2. The quantitative estimate of drug-likeness (QED) is 0.701. The number of aliphatic carboxylic acids is 1. The molecule has 0 saturated carbocycles. The van der Waals surface area contributed by atoms with Crippen LogP contribution in [0.4, 0.5) is 0 Å². The van der Waals surface area contributed by atoms with Crippen LogP contribution >= 0.6 is 0 Å². The Morgan fingerprint density at radius 2 is 1.87 bits per heavy atom. The fourth-order valence-electron chi connectivity index (χ4n) is 2.58. The Kier molecular flexibility index (Phi) is 10.1. The number of nitrogens with one attached hydrogen (secondary N) is 2. The predicted molar refractivity (Wildman–Crippen MR) is 82.2 cm³/mol. The van der Waals surface area contributed by atoms with Crippen LogP contribution in [0.1, 0.15) is 46.5 Å². The van der Waals surface area contributed by atoms with E-state index in [-0.39, 0.29) is 56.9 Å². The maximum Gasteiger partial charge on any atom is 0.305 e. The van der Waals surface area contributed by atoms with Crippen molar-refractivity contribution in [3.05, 3.63) is 5.73 Å². The van der Waals surface area contributed by atoms with Gasteiger partial charge < -0.3 is 21.1 Å². The van der Waals surface area contributed by atoms with Gasteiger partial charge in [-0.3, -0.25) is 14.4 Å². The van der Waals surface area contributed by atoms with E-state index in [1.54, 1.807) is 6.92 Å². The zero-order valence-corrected chi connectivity index (χ0v) is 16.9. The summed E-state index contributed by atoms with van der Waals surface area (Å²) in [5.74, 6) is -1.72. The van der Waals surface area contributed by atoms with Crippen LogP contribution in [-0.2, 0) is 47.1 Å². The Labute approximate surface area is 162 Å². The molecule has 1 rings (SSSR count). The number of carboxylic acid groups (broad SMARTS) is 1. The summed E-state index contributed by atoms with van der Waals surface area (Å²) in [6, 6.07) is -1.95. The van der Waals surface area contributed by atoms with Gasteiger partial charge in [0.25, 0.3) is 0 Å². The third kappa shape index (κ3) is 6.85. The van der Waals surface area contributed by atoms with E-state index in [9.17, 15) is 14.4 Å². The van der Waals surface area contributed by atoms with Crippen molar-refractivity contribution >= 4 is 17.8 Å². The fourth-order valence-corrected chi connectivity index (χ4v) is 2.58. The Morgan fingerprint density at radius 3 is 2.39 bits per heavy atom. The van der Waals surface area contributed by atoms with E-state index in [1.165, 1.54) is 4.90 Å². The molecule has 1 heterocycles. The van der Waals surface area contributed by atoms with Gasteiger partial charge in [-0.15, -0.1) is 0 Å². The molecule has 2 amide bonds. The third-order valence-electron chi connectivity index (χ3n) is 3.89.